The molecular weight excluding hydrogens is 245 g/mol. The van der Waals surface area contributed by atoms with Crippen molar-refractivity contribution in [2.45, 2.75) is 6.92 Å². The molecule has 0 saturated carbocycles. The summed E-state index contributed by atoms with van der Waals surface area (Å²) in [6.45, 7) is 1.80. The van der Waals surface area contributed by atoms with Gasteiger partial charge in [0.25, 0.3) is 0 Å². The van der Waals surface area contributed by atoms with E-state index in [2.05, 4.69) is 10.4 Å². The molecule has 0 aliphatic rings. The van der Waals surface area contributed by atoms with Crippen LogP contribution in [-0.4, -0.2) is 15.7 Å². The third-order valence-electron chi connectivity index (χ3n) is 2.61. The fourth-order valence-electron chi connectivity index (χ4n) is 1.64. The summed E-state index contributed by atoms with van der Waals surface area (Å²) in [5.41, 5.74) is 1.56. The van der Waals surface area contributed by atoms with Gasteiger partial charge in [0.2, 0.25) is 5.91 Å². The van der Waals surface area contributed by atoms with Crippen molar-refractivity contribution < 1.29 is 9.18 Å². The molecule has 0 atom stereocenters. The summed E-state index contributed by atoms with van der Waals surface area (Å²) in [4.78, 5) is 11.8. The highest BCUT2D eigenvalue weighted by Gasteiger charge is 2.03. The summed E-state index contributed by atoms with van der Waals surface area (Å²) in [6.07, 6.45) is 3.20. The Morgan fingerprint density at radius 3 is 2.58 bits per heavy atom. The lowest BCUT2D eigenvalue weighted by molar-refractivity contribution is -0.111. The molecule has 4 nitrogen and oxygen atoms in total. The van der Waals surface area contributed by atoms with E-state index in [9.17, 15) is 9.18 Å². The van der Waals surface area contributed by atoms with E-state index in [1.807, 2.05) is 0 Å². The van der Waals surface area contributed by atoms with Crippen molar-refractivity contribution in [3.63, 3.8) is 0 Å². The first-order valence-electron chi connectivity index (χ1n) is 5.79. The van der Waals surface area contributed by atoms with Crippen LogP contribution in [0.1, 0.15) is 12.5 Å². The molecule has 0 spiro atoms. The molecule has 2 rings (SSSR count). The Balaban J connectivity index is 2.07. The van der Waals surface area contributed by atoms with E-state index in [4.69, 9.17) is 0 Å². The van der Waals surface area contributed by atoms with Gasteiger partial charge in [0, 0.05) is 25.4 Å². The molecule has 0 aliphatic carbocycles. The van der Waals surface area contributed by atoms with Crippen LogP contribution in [0.3, 0.4) is 0 Å². The van der Waals surface area contributed by atoms with Crippen LogP contribution < -0.4 is 5.32 Å². The second kappa shape index (κ2) is 5.48. The van der Waals surface area contributed by atoms with E-state index in [1.165, 1.54) is 18.2 Å². The fourth-order valence-corrected chi connectivity index (χ4v) is 1.64. The van der Waals surface area contributed by atoms with Crippen LogP contribution in [0.5, 0.6) is 0 Å². The molecule has 2 aromatic rings. The van der Waals surface area contributed by atoms with E-state index in [0.717, 1.165) is 11.1 Å². The number of halogens is 1. The summed E-state index contributed by atoms with van der Waals surface area (Å²) in [6, 6.07) is 7.70. The van der Waals surface area contributed by atoms with E-state index < -0.39 is 0 Å². The largest absolute Gasteiger partial charge is 0.306 e. The predicted molar refractivity (Wildman–Crippen MR) is 71.9 cm³/mol. The molecule has 1 aromatic carbocycles. The van der Waals surface area contributed by atoms with Gasteiger partial charge in [0.15, 0.2) is 5.82 Å². The van der Waals surface area contributed by atoms with E-state index in [-0.39, 0.29) is 11.7 Å². The van der Waals surface area contributed by atoms with Gasteiger partial charge in [0.1, 0.15) is 5.82 Å². The highest BCUT2D eigenvalue weighted by atomic mass is 19.1. The zero-order valence-corrected chi connectivity index (χ0v) is 10.7. The minimum Gasteiger partial charge on any atom is -0.306 e. The molecule has 98 valence electrons. The third-order valence-corrected chi connectivity index (χ3v) is 2.61. The number of aromatic nitrogens is 2. The van der Waals surface area contributed by atoms with Crippen LogP contribution in [0, 0.1) is 5.82 Å². The maximum absolute atomic E-state index is 12.8. The van der Waals surface area contributed by atoms with Gasteiger partial charge in [-0.1, -0.05) is 12.1 Å². The second-order valence-corrected chi connectivity index (χ2v) is 4.20. The van der Waals surface area contributed by atoms with E-state index in [1.54, 1.807) is 43.0 Å². The van der Waals surface area contributed by atoms with Crippen LogP contribution >= 0.6 is 0 Å². The maximum atomic E-state index is 12.8. The van der Waals surface area contributed by atoms with E-state index in [0.29, 0.717) is 5.82 Å². The first-order chi connectivity index (χ1) is 9.04. The number of allylic oxidation sites excluding steroid dienone is 1. The number of hydrogen-bond donors (Lipinski definition) is 1. The smallest absolute Gasteiger partial charge is 0.249 e. The van der Waals surface area contributed by atoms with Crippen molar-refractivity contribution in [1.29, 1.82) is 0 Å². The third kappa shape index (κ3) is 3.51. The molecule has 0 bridgehead atoms. The number of rotatable bonds is 3. The molecule has 1 N–H and O–H groups in total. The molecule has 1 amide bonds. The Morgan fingerprint density at radius 2 is 2.00 bits per heavy atom. The highest BCUT2D eigenvalue weighted by molar-refractivity contribution is 6.03. The number of nitrogens with zero attached hydrogens (tertiary/aromatic N) is 2. The number of hydrogen-bond acceptors (Lipinski definition) is 2. The van der Waals surface area contributed by atoms with Gasteiger partial charge in [-0.15, -0.1) is 0 Å². The minimum absolute atomic E-state index is 0.263. The zero-order valence-electron chi connectivity index (χ0n) is 10.7. The topological polar surface area (TPSA) is 46.9 Å². The summed E-state index contributed by atoms with van der Waals surface area (Å²) in [7, 11) is 1.77. The lowest BCUT2D eigenvalue weighted by Gasteiger charge is -2.02. The Kier molecular flexibility index (Phi) is 3.75. The molecule has 0 aliphatic heterocycles. The summed E-state index contributed by atoms with van der Waals surface area (Å²) < 4.78 is 14.4. The molecule has 0 fully saturated rings. The number of amides is 1. The number of carbonyl (C=O) groups is 1. The van der Waals surface area contributed by atoms with Crippen molar-refractivity contribution in [2.24, 2.45) is 7.05 Å². The second-order valence-electron chi connectivity index (χ2n) is 4.20. The van der Waals surface area contributed by atoms with Gasteiger partial charge in [0.05, 0.1) is 0 Å². The zero-order chi connectivity index (χ0) is 13.8. The van der Waals surface area contributed by atoms with Crippen LogP contribution in [0.2, 0.25) is 0 Å². The Bertz CT molecular complexity index is 614. The summed E-state index contributed by atoms with van der Waals surface area (Å²) in [5.74, 6) is -0.0642. The Labute approximate surface area is 110 Å². The molecule has 1 aromatic heterocycles. The Hall–Kier alpha value is -2.43. The fraction of sp³-hybridized carbons (Fsp3) is 0.143. The van der Waals surface area contributed by atoms with Crippen LogP contribution in [0.25, 0.3) is 5.57 Å². The molecule has 0 unspecified atom stereocenters. The standard InChI is InChI=1S/C14H14FN3O/c1-10(11-3-5-12(15)6-4-11)9-14(19)16-13-7-8-18(2)17-13/h3-9H,1-2H3,(H,16,17,19). The molecule has 0 radical (unpaired) electrons. The van der Waals surface area contributed by atoms with Crippen molar-refractivity contribution in [3.05, 3.63) is 54.0 Å². The first-order valence-corrected chi connectivity index (χ1v) is 5.79. The van der Waals surface area contributed by atoms with Crippen molar-refractivity contribution in [2.75, 3.05) is 5.32 Å². The van der Waals surface area contributed by atoms with Crippen molar-refractivity contribution >= 4 is 17.3 Å². The lowest BCUT2D eigenvalue weighted by atomic mass is 10.1. The molecule has 0 saturated heterocycles. The number of nitrogens with one attached hydrogen (secondary N) is 1. The van der Waals surface area contributed by atoms with Crippen molar-refractivity contribution in [3.8, 4) is 0 Å². The van der Waals surface area contributed by atoms with Gasteiger partial charge in [-0.3, -0.25) is 9.48 Å². The van der Waals surface area contributed by atoms with Gasteiger partial charge in [-0.05, 0) is 30.2 Å². The minimum atomic E-state index is -0.297. The van der Waals surface area contributed by atoms with Gasteiger partial charge >= 0.3 is 0 Å². The number of carbonyl (C=O) groups excluding carboxylic acids is 1. The molecule has 5 heteroatoms. The average molecular weight is 259 g/mol. The SMILES string of the molecule is CC(=CC(=O)Nc1ccn(C)n1)c1ccc(F)cc1. The lowest BCUT2D eigenvalue weighted by Crippen LogP contribution is -2.09. The van der Waals surface area contributed by atoms with Gasteiger partial charge in [-0.25, -0.2) is 4.39 Å². The number of aryl methyl sites for hydroxylation is 1. The monoisotopic (exact) mass is 259 g/mol. The summed E-state index contributed by atoms with van der Waals surface area (Å²) >= 11 is 0. The number of benzene rings is 1. The van der Waals surface area contributed by atoms with Crippen LogP contribution in [0.15, 0.2) is 42.6 Å². The predicted octanol–water partition coefficient (Wildman–Crippen LogP) is 2.60. The van der Waals surface area contributed by atoms with E-state index >= 15 is 0 Å². The first kappa shape index (κ1) is 13.0. The van der Waals surface area contributed by atoms with Crippen LogP contribution in [0.4, 0.5) is 10.2 Å². The number of anilines is 1. The van der Waals surface area contributed by atoms with Crippen molar-refractivity contribution in [1.82, 2.24) is 9.78 Å². The van der Waals surface area contributed by atoms with Gasteiger partial charge < -0.3 is 5.32 Å². The molecule has 19 heavy (non-hydrogen) atoms. The molecule has 1 heterocycles. The molecular formula is C14H14FN3O. The Morgan fingerprint density at radius 1 is 1.32 bits per heavy atom. The quantitative estimate of drug-likeness (QED) is 0.861. The normalized spacial score (nSPS) is 11.4. The summed E-state index contributed by atoms with van der Waals surface area (Å²) in [5, 5.41) is 6.70. The van der Waals surface area contributed by atoms with Gasteiger partial charge in [-0.2, -0.15) is 5.10 Å². The maximum Gasteiger partial charge on any atom is 0.249 e. The highest BCUT2D eigenvalue weighted by Crippen LogP contribution is 2.14. The van der Waals surface area contributed by atoms with Crippen LogP contribution in [-0.2, 0) is 11.8 Å². The average Bonchev–Trinajstić information content (AvgIpc) is 2.75.